The molecule has 0 bridgehead atoms. The minimum atomic E-state index is -0.429. The number of esters is 1. The average molecular weight is 587 g/mol. The van der Waals surface area contributed by atoms with E-state index in [9.17, 15) is 15.0 Å². The van der Waals surface area contributed by atoms with Crippen LogP contribution in [-0.4, -0.2) is 41.6 Å². The van der Waals surface area contributed by atoms with Gasteiger partial charge < -0.3 is 19.7 Å². The Balaban J connectivity index is 1.17. The fraction of sp³-hybridized carbons (Fsp3) is 0.658. The Bertz CT molecular complexity index is 1380. The van der Waals surface area contributed by atoms with Crippen molar-refractivity contribution in [2.24, 2.45) is 45.3 Å². The van der Waals surface area contributed by atoms with Crippen molar-refractivity contribution < 1.29 is 24.5 Å². The van der Waals surface area contributed by atoms with E-state index in [1.165, 1.54) is 16.7 Å². The molecular weight excluding hydrogens is 536 g/mol. The Labute approximate surface area is 257 Å². The summed E-state index contributed by atoms with van der Waals surface area (Å²) in [4.78, 5) is 13.2. The molecule has 5 heteroatoms. The van der Waals surface area contributed by atoms with E-state index in [0.29, 0.717) is 24.9 Å². The second-order valence-corrected chi connectivity index (χ2v) is 15.8. The first kappa shape index (κ1) is 29.5. The van der Waals surface area contributed by atoms with Gasteiger partial charge in [0.1, 0.15) is 6.10 Å². The van der Waals surface area contributed by atoms with Gasteiger partial charge in [0, 0.05) is 17.3 Å². The van der Waals surface area contributed by atoms with Gasteiger partial charge in [0.2, 0.25) is 0 Å². The minimum Gasteiger partial charge on any atom is -0.458 e. The summed E-state index contributed by atoms with van der Waals surface area (Å²) in [6.07, 6.45) is 12.7. The van der Waals surface area contributed by atoms with Crippen molar-refractivity contribution in [3.05, 3.63) is 70.8 Å². The Morgan fingerprint density at radius 3 is 2.56 bits per heavy atom. The van der Waals surface area contributed by atoms with E-state index in [1.807, 2.05) is 13.0 Å². The third kappa shape index (κ3) is 4.17. The molecule has 2 heterocycles. The number of rotatable bonds is 4. The fourth-order valence-electron chi connectivity index (χ4n) is 11.5. The van der Waals surface area contributed by atoms with Crippen molar-refractivity contribution in [2.75, 3.05) is 13.2 Å². The highest BCUT2D eigenvalue weighted by atomic mass is 16.5. The molecule has 0 spiro atoms. The van der Waals surface area contributed by atoms with Crippen molar-refractivity contribution in [3.8, 4) is 0 Å². The van der Waals surface area contributed by atoms with E-state index in [0.717, 1.165) is 44.1 Å². The predicted octanol–water partition coefficient (Wildman–Crippen LogP) is 7.11. The van der Waals surface area contributed by atoms with Crippen LogP contribution in [0.2, 0.25) is 0 Å². The first-order valence-electron chi connectivity index (χ1n) is 16.7. The molecule has 0 radical (unpaired) electrons. The molecule has 4 aliphatic carbocycles. The summed E-state index contributed by atoms with van der Waals surface area (Å²) in [5, 5.41) is 21.7. The minimum absolute atomic E-state index is 0.0155. The summed E-state index contributed by atoms with van der Waals surface area (Å²) in [7, 11) is 0. The van der Waals surface area contributed by atoms with Gasteiger partial charge in [-0.05, 0) is 91.2 Å². The average Bonchev–Trinajstić information content (AvgIpc) is 3.53. The van der Waals surface area contributed by atoms with Crippen LogP contribution in [0.15, 0.2) is 65.3 Å². The lowest BCUT2D eigenvalue weighted by Crippen LogP contribution is -2.64. The topological polar surface area (TPSA) is 76.0 Å². The van der Waals surface area contributed by atoms with Crippen molar-refractivity contribution in [1.82, 2.24) is 0 Å². The van der Waals surface area contributed by atoms with Crippen molar-refractivity contribution in [3.63, 3.8) is 0 Å². The number of fused-ring (bicyclic) bond motifs is 7. The highest BCUT2D eigenvalue weighted by Gasteiger charge is 2.69. The van der Waals surface area contributed by atoms with Crippen LogP contribution in [-0.2, 0) is 14.3 Å². The number of hydrogen-bond donors (Lipinski definition) is 2. The Hall–Kier alpha value is -2.21. The van der Waals surface area contributed by atoms with E-state index in [1.54, 1.807) is 0 Å². The third-order valence-electron chi connectivity index (χ3n) is 13.7. The SMILES string of the molecule is C/C(=C\[C@H]1C[C@@H]([C@@H]2CC=C3[C@]4(C)[C@H](O)C[C@@H]5[C@](C)(CC=C6C[C@@H](c7ccccc7)OC[C@@]65C)[C@H]4CC[C@]32C)C(=O)O1)CO. The van der Waals surface area contributed by atoms with Gasteiger partial charge in [-0.2, -0.15) is 0 Å². The fourth-order valence-corrected chi connectivity index (χ4v) is 11.5. The van der Waals surface area contributed by atoms with Crippen molar-refractivity contribution >= 4 is 5.97 Å². The predicted molar refractivity (Wildman–Crippen MR) is 167 cm³/mol. The summed E-state index contributed by atoms with van der Waals surface area (Å²) in [5.41, 5.74) is 4.57. The van der Waals surface area contributed by atoms with Gasteiger partial charge >= 0.3 is 5.97 Å². The zero-order valence-electron chi connectivity index (χ0n) is 26.6. The Morgan fingerprint density at radius 1 is 1.05 bits per heavy atom. The maximum atomic E-state index is 13.2. The molecule has 5 nitrogen and oxygen atoms in total. The number of allylic oxidation sites excluding steroid dienone is 2. The van der Waals surface area contributed by atoms with Crippen LogP contribution >= 0.6 is 0 Å². The third-order valence-corrected chi connectivity index (χ3v) is 13.7. The summed E-state index contributed by atoms with van der Waals surface area (Å²) in [5.74, 6) is 0.674. The van der Waals surface area contributed by atoms with Crippen molar-refractivity contribution in [1.29, 1.82) is 0 Å². The van der Waals surface area contributed by atoms with Crippen LogP contribution in [0.1, 0.15) is 91.2 Å². The highest BCUT2D eigenvalue weighted by Crippen LogP contribution is 2.74. The summed E-state index contributed by atoms with van der Waals surface area (Å²) >= 11 is 0. The van der Waals surface area contributed by atoms with Crippen LogP contribution in [0.3, 0.4) is 0 Å². The number of hydrogen-bond acceptors (Lipinski definition) is 5. The summed E-state index contributed by atoms with van der Waals surface area (Å²) in [6.45, 7) is 12.2. The Kier molecular flexibility index (Phi) is 6.97. The molecule has 2 saturated heterocycles. The molecule has 0 amide bonds. The number of cyclic esters (lactones) is 1. The first-order chi connectivity index (χ1) is 20.4. The van der Waals surface area contributed by atoms with E-state index in [2.05, 4.69) is 70.2 Å². The molecule has 0 aromatic heterocycles. The molecule has 2 saturated carbocycles. The molecule has 4 fully saturated rings. The zero-order chi connectivity index (χ0) is 30.4. The normalized spacial score (nSPS) is 47.5. The number of carbonyl (C=O) groups is 1. The van der Waals surface area contributed by atoms with Crippen LogP contribution < -0.4 is 0 Å². The molecule has 6 aliphatic rings. The molecule has 0 unspecified atom stereocenters. The van der Waals surface area contributed by atoms with E-state index in [4.69, 9.17) is 9.47 Å². The standard InChI is InChI=1S/C38H50O5/c1-23(21-39)17-26-19-27(34(41)43-26)28-11-12-30-35(28,2)16-14-31-36(3)15-13-25-18-29(24-9-7-6-8-10-24)42-22-37(25,4)32(36)20-33(40)38(30,31)5/h6-10,12-13,17,26-29,31-33,39-40H,11,14-16,18-22H2,1-5H3/b23-17+/t26-,27-,28-,29-,31+,32+,33+,35-,36+,37-,38-/m0/s1. The lowest BCUT2D eigenvalue weighted by Gasteiger charge is -2.68. The molecule has 7 rings (SSSR count). The molecule has 232 valence electrons. The first-order valence-corrected chi connectivity index (χ1v) is 16.7. The number of carbonyl (C=O) groups excluding carboxylic acids is 1. The number of benzene rings is 1. The molecule has 2 N–H and O–H groups in total. The molecule has 1 aromatic carbocycles. The number of aliphatic hydroxyl groups excluding tert-OH is 2. The van der Waals surface area contributed by atoms with Gasteiger partial charge in [-0.1, -0.05) is 81.3 Å². The van der Waals surface area contributed by atoms with Gasteiger partial charge in [0.25, 0.3) is 0 Å². The van der Waals surface area contributed by atoms with Gasteiger partial charge in [0.05, 0.1) is 31.3 Å². The summed E-state index contributed by atoms with van der Waals surface area (Å²) in [6, 6.07) is 10.6. The van der Waals surface area contributed by atoms with Crippen LogP contribution in [0.4, 0.5) is 0 Å². The lowest BCUT2D eigenvalue weighted by molar-refractivity contribution is -0.190. The maximum absolute atomic E-state index is 13.2. The number of aliphatic hydroxyl groups is 2. The smallest absolute Gasteiger partial charge is 0.310 e. The maximum Gasteiger partial charge on any atom is 0.310 e. The zero-order valence-corrected chi connectivity index (χ0v) is 26.6. The van der Waals surface area contributed by atoms with E-state index < -0.39 is 6.10 Å². The van der Waals surface area contributed by atoms with Crippen LogP contribution in [0.5, 0.6) is 0 Å². The van der Waals surface area contributed by atoms with Gasteiger partial charge in [-0.25, -0.2) is 0 Å². The Morgan fingerprint density at radius 2 is 1.81 bits per heavy atom. The molecular formula is C38H50O5. The summed E-state index contributed by atoms with van der Waals surface area (Å²) < 4.78 is 12.4. The van der Waals surface area contributed by atoms with Crippen molar-refractivity contribution in [2.45, 2.75) is 97.9 Å². The quantitative estimate of drug-likeness (QED) is 0.291. The molecule has 1 aromatic rings. The van der Waals surface area contributed by atoms with Gasteiger partial charge in [0.15, 0.2) is 0 Å². The highest BCUT2D eigenvalue weighted by molar-refractivity contribution is 5.76. The van der Waals surface area contributed by atoms with E-state index in [-0.39, 0.29) is 58.3 Å². The monoisotopic (exact) mass is 586 g/mol. The van der Waals surface area contributed by atoms with Gasteiger partial charge in [-0.15, -0.1) is 0 Å². The van der Waals surface area contributed by atoms with Crippen LogP contribution in [0, 0.1) is 45.3 Å². The van der Waals surface area contributed by atoms with E-state index >= 15 is 0 Å². The van der Waals surface area contributed by atoms with Gasteiger partial charge in [-0.3, -0.25) is 4.79 Å². The number of ether oxygens (including phenoxy) is 2. The molecule has 2 aliphatic heterocycles. The van der Waals surface area contributed by atoms with Crippen LogP contribution in [0.25, 0.3) is 0 Å². The molecule has 11 atom stereocenters. The second-order valence-electron chi connectivity index (χ2n) is 15.8. The largest absolute Gasteiger partial charge is 0.458 e. The molecule has 43 heavy (non-hydrogen) atoms. The lowest BCUT2D eigenvalue weighted by atomic mass is 9.37. The second kappa shape index (κ2) is 10.2.